The summed E-state index contributed by atoms with van der Waals surface area (Å²) in [4.78, 5) is 30.4. The summed E-state index contributed by atoms with van der Waals surface area (Å²) in [7, 11) is 0. The second-order valence-corrected chi connectivity index (χ2v) is 12.0. The van der Waals surface area contributed by atoms with Gasteiger partial charge in [-0.05, 0) is 60.8 Å². The Morgan fingerprint density at radius 3 is 2.56 bits per heavy atom. The quantitative estimate of drug-likeness (QED) is 0.303. The van der Waals surface area contributed by atoms with Gasteiger partial charge in [0.1, 0.15) is 16.5 Å². The van der Waals surface area contributed by atoms with Gasteiger partial charge in [0.05, 0.1) is 5.39 Å². The van der Waals surface area contributed by atoms with E-state index in [1.807, 2.05) is 34.4 Å². The van der Waals surface area contributed by atoms with Gasteiger partial charge in [0.25, 0.3) is 0 Å². The van der Waals surface area contributed by atoms with E-state index < -0.39 is 0 Å². The zero-order valence-electron chi connectivity index (χ0n) is 22.9. The van der Waals surface area contributed by atoms with E-state index >= 15 is 0 Å². The van der Waals surface area contributed by atoms with Crippen LogP contribution in [0.5, 0.6) is 0 Å². The van der Waals surface area contributed by atoms with Gasteiger partial charge in [0.15, 0.2) is 0 Å². The van der Waals surface area contributed by atoms with Crippen LogP contribution >= 0.6 is 11.3 Å². The first kappa shape index (κ1) is 25.8. The predicted octanol–water partition coefficient (Wildman–Crippen LogP) is 6.52. The van der Waals surface area contributed by atoms with Crippen molar-refractivity contribution in [3.8, 4) is 0 Å². The minimum Gasteiger partial charge on any atom is -0.352 e. The third kappa shape index (κ3) is 5.50. The molecule has 6 rings (SSSR count). The normalized spacial score (nSPS) is 17.3. The van der Waals surface area contributed by atoms with Crippen molar-refractivity contribution in [2.75, 3.05) is 36.4 Å². The Balaban J connectivity index is 1.23. The van der Waals surface area contributed by atoms with Crippen molar-refractivity contribution in [1.82, 2.24) is 14.9 Å². The number of carbonyl (C=O) groups excluding carboxylic acids is 1. The number of fused-ring (bicyclic) bond motifs is 3. The second kappa shape index (κ2) is 11.3. The number of carbonyl (C=O) groups is 1. The number of aryl methyl sites for hydroxylation is 4. The van der Waals surface area contributed by atoms with Crippen molar-refractivity contribution in [1.29, 1.82) is 0 Å². The van der Waals surface area contributed by atoms with Crippen LogP contribution in [0, 0.1) is 5.92 Å². The van der Waals surface area contributed by atoms with Crippen LogP contribution in [0.1, 0.15) is 47.7 Å². The van der Waals surface area contributed by atoms with Gasteiger partial charge in [0, 0.05) is 43.2 Å². The summed E-state index contributed by atoms with van der Waals surface area (Å²) in [5, 5.41) is 4.41. The standard InChI is InChI=1S/C32H37N5OS/c1-3-24-11-7-8-12-26(24)33-32(38)37-19-17-36(18-20-37)30-29-25-15-13-22(2)21-27(25)39-31(29)35-28(34-30)16-14-23-9-5-4-6-10-23/h4-12,22H,3,13-21H2,1-2H3,(H,33,38). The molecule has 1 N–H and O–H groups in total. The Morgan fingerprint density at radius 1 is 1.00 bits per heavy atom. The summed E-state index contributed by atoms with van der Waals surface area (Å²) in [6.07, 6.45) is 6.12. The minimum atomic E-state index is -0.0196. The maximum Gasteiger partial charge on any atom is 0.321 e. The molecule has 2 aliphatic rings. The van der Waals surface area contributed by atoms with Crippen molar-refractivity contribution < 1.29 is 4.79 Å². The van der Waals surface area contributed by atoms with E-state index in [0.29, 0.717) is 13.1 Å². The van der Waals surface area contributed by atoms with Crippen LogP contribution in [-0.4, -0.2) is 47.1 Å². The van der Waals surface area contributed by atoms with Crippen LogP contribution in [0.25, 0.3) is 10.2 Å². The first-order valence-electron chi connectivity index (χ1n) is 14.3. The molecule has 3 heterocycles. The van der Waals surface area contributed by atoms with Gasteiger partial charge in [-0.2, -0.15) is 0 Å². The number of amides is 2. The summed E-state index contributed by atoms with van der Waals surface area (Å²) < 4.78 is 0. The van der Waals surface area contributed by atoms with Crippen molar-refractivity contribution >= 4 is 39.1 Å². The first-order valence-corrected chi connectivity index (χ1v) is 15.1. The fourth-order valence-electron chi connectivity index (χ4n) is 5.87. The van der Waals surface area contributed by atoms with Gasteiger partial charge in [-0.15, -0.1) is 11.3 Å². The highest BCUT2D eigenvalue weighted by Gasteiger charge is 2.28. The van der Waals surface area contributed by atoms with Gasteiger partial charge in [-0.3, -0.25) is 0 Å². The number of urea groups is 1. The first-order chi connectivity index (χ1) is 19.1. The highest BCUT2D eigenvalue weighted by Crippen LogP contribution is 2.41. The van der Waals surface area contributed by atoms with Gasteiger partial charge in [-0.25, -0.2) is 14.8 Å². The lowest BCUT2D eigenvalue weighted by Gasteiger charge is -2.36. The number of rotatable bonds is 6. The fourth-order valence-corrected chi connectivity index (χ4v) is 7.27. The Kier molecular flexibility index (Phi) is 7.51. The molecule has 2 aromatic carbocycles. The number of nitrogens with zero attached hydrogens (tertiary/aromatic N) is 4. The van der Waals surface area contributed by atoms with Crippen LogP contribution in [0.15, 0.2) is 54.6 Å². The molecule has 1 fully saturated rings. The summed E-state index contributed by atoms with van der Waals surface area (Å²) in [6.45, 7) is 7.36. The summed E-state index contributed by atoms with van der Waals surface area (Å²) in [5.41, 5.74) is 4.85. The number of nitrogens with one attached hydrogen (secondary N) is 1. The smallest absolute Gasteiger partial charge is 0.321 e. The lowest BCUT2D eigenvalue weighted by Crippen LogP contribution is -2.50. The largest absolute Gasteiger partial charge is 0.352 e. The number of aromatic nitrogens is 2. The molecule has 1 aliphatic carbocycles. The molecule has 1 atom stereocenters. The highest BCUT2D eigenvalue weighted by atomic mass is 32.1. The number of piperazine rings is 1. The van der Waals surface area contributed by atoms with Gasteiger partial charge in [0.2, 0.25) is 0 Å². The maximum atomic E-state index is 13.1. The number of hydrogen-bond acceptors (Lipinski definition) is 5. The number of benzene rings is 2. The highest BCUT2D eigenvalue weighted by molar-refractivity contribution is 7.19. The topological polar surface area (TPSA) is 61.4 Å². The van der Waals surface area contributed by atoms with Gasteiger partial charge >= 0.3 is 6.03 Å². The zero-order chi connectivity index (χ0) is 26.8. The molecule has 202 valence electrons. The molecule has 7 heteroatoms. The third-order valence-electron chi connectivity index (χ3n) is 8.17. The van der Waals surface area contributed by atoms with Crippen LogP contribution in [0.3, 0.4) is 0 Å². The summed E-state index contributed by atoms with van der Waals surface area (Å²) in [6, 6.07) is 18.6. The van der Waals surface area contributed by atoms with Gasteiger partial charge in [-0.1, -0.05) is 62.4 Å². The Morgan fingerprint density at radius 2 is 1.77 bits per heavy atom. The minimum absolute atomic E-state index is 0.0196. The molecule has 1 saturated heterocycles. The average molecular weight is 540 g/mol. The SMILES string of the molecule is CCc1ccccc1NC(=O)N1CCN(c2nc(CCc3ccccc3)nc3sc4c(c23)CCC(C)C4)CC1. The molecule has 2 aromatic heterocycles. The van der Waals surface area contributed by atoms with Crippen LogP contribution < -0.4 is 10.2 Å². The molecule has 1 unspecified atom stereocenters. The molecular formula is C32H37N5OS. The second-order valence-electron chi connectivity index (χ2n) is 10.9. The average Bonchev–Trinajstić information content (AvgIpc) is 3.34. The van der Waals surface area contributed by atoms with E-state index in [1.165, 1.54) is 27.8 Å². The molecule has 0 saturated carbocycles. The molecule has 6 nitrogen and oxygen atoms in total. The van der Waals surface area contributed by atoms with Crippen molar-refractivity contribution in [2.24, 2.45) is 5.92 Å². The summed E-state index contributed by atoms with van der Waals surface area (Å²) >= 11 is 1.88. The van der Waals surface area contributed by atoms with E-state index in [-0.39, 0.29) is 6.03 Å². The number of hydrogen-bond donors (Lipinski definition) is 1. The van der Waals surface area contributed by atoms with Crippen LogP contribution in [0.4, 0.5) is 16.3 Å². The predicted molar refractivity (Wildman–Crippen MR) is 161 cm³/mol. The van der Waals surface area contributed by atoms with E-state index in [0.717, 1.165) is 78.8 Å². The molecule has 2 amide bonds. The summed E-state index contributed by atoms with van der Waals surface area (Å²) in [5.74, 6) is 2.72. The van der Waals surface area contributed by atoms with Crippen LogP contribution in [-0.2, 0) is 32.1 Å². The number of para-hydroxylation sites is 1. The molecule has 0 radical (unpaired) electrons. The third-order valence-corrected chi connectivity index (χ3v) is 9.32. The van der Waals surface area contributed by atoms with Crippen LogP contribution in [0.2, 0.25) is 0 Å². The zero-order valence-corrected chi connectivity index (χ0v) is 23.8. The number of anilines is 2. The molecule has 1 aliphatic heterocycles. The van der Waals surface area contributed by atoms with Crippen molar-refractivity contribution in [2.45, 2.75) is 52.4 Å². The molecular weight excluding hydrogens is 502 g/mol. The van der Waals surface area contributed by atoms with E-state index in [1.54, 1.807) is 0 Å². The Labute approximate surface area is 235 Å². The lowest BCUT2D eigenvalue weighted by atomic mass is 9.89. The van der Waals surface area contributed by atoms with Crippen molar-refractivity contribution in [3.63, 3.8) is 0 Å². The maximum absolute atomic E-state index is 13.1. The lowest BCUT2D eigenvalue weighted by molar-refractivity contribution is 0.208. The van der Waals surface area contributed by atoms with E-state index in [4.69, 9.17) is 9.97 Å². The van der Waals surface area contributed by atoms with Gasteiger partial charge < -0.3 is 15.1 Å². The molecule has 0 bridgehead atoms. The Hall–Kier alpha value is -3.45. The van der Waals surface area contributed by atoms with Crippen molar-refractivity contribution in [3.05, 3.63) is 82.0 Å². The number of thiophene rings is 1. The monoisotopic (exact) mass is 539 g/mol. The van der Waals surface area contributed by atoms with E-state index in [2.05, 4.69) is 60.5 Å². The van der Waals surface area contributed by atoms with E-state index in [9.17, 15) is 4.79 Å². The fraction of sp³-hybridized carbons (Fsp3) is 0.406. The molecule has 4 aromatic rings. The molecule has 0 spiro atoms. The molecule has 39 heavy (non-hydrogen) atoms. The Bertz CT molecular complexity index is 1460.